The number of aromatic nitrogens is 3. The second kappa shape index (κ2) is 6.44. The first-order valence-corrected chi connectivity index (χ1v) is 8.32. The number of H-pyrrole nitrogens is 1. The molecule has 0 fully saturated rings. The van der Waals surface area contributed by atoms with Crippen LogP contribution in [0.4, 0.5) is 17.5 Å². The largest absolute Gasteiger partial charge is 0.463 e. The summed E-state index contributed by atoms with van der Waals surface area (Å²) in [6.07, 6.45) is 3.54. The molecule has 4 N–H and O–H groups in total. The van der Waals surface area contributed by atoms with Gasteiger partial charge in [0.25, 0.3) is 0 Å². The highest BCUT2D eigenvalue weighted by Gasteiger charge is 2.18. The monoisotopic (exact) mass is 348 g/mol. The molecule has 0 aliphatic heterocycles. The quantitative estimate of drug-likeness (QED) is 0.511. The zero-order valence-corrected chi connectivity index (χ0v) is 14.7. The van der Waals surface area contributed by atoms with E-state index in [0.717, 1.165) is 5.52 Å². The third-order valence-electron chi connectivity index (χ3n) is 4.30. The predicted octanol–water partition coefficient (Wildman–Crippen LogP) is 3.48. The van der Waals surface area contributed by atoms with Gasteiger partial charge >= 0.3 is 0 Å². The Morgan fingerprint density at radius 2 is 2.12 bits per heavy atom. The summed E-state index contributed by atoms with van der Waals surface area (Å²) in [4.78, 5) is 14.2. The summed E-state index contributed by atoms with van der Waals surface area (Å²) in [5.41, 5.74) is 9.73. The predicted molar refractivity (Wildman–Crippen MR) is 104 cm³/mol. The van der Waals surface area contributed by atoms with Gasteiger partial charge in [0, 0.05) is 32.4 Å². The number of aromatic amines is 1. The Morgan fingerprint density at radius 1 is 1.23 bits per heavy atom. The molecule has 0 amide bonds. The molecule has 7 nitrogen and oxygen atoms in total. The van der Waals surface area contributed by atoms with E-state index in [-0.39, 0.29) is 0 Å². The normalized spacial score (nSPS) is 11.0. The smallest absolute Gasteiger partial charge is 0.225 e. The number of rotatable bonds is 5. The van der Waals surface area contributed by atoms with Crippen LogP contribution in [0, 0.1) is 0 Å². The molecule has 0 atom stereocenters. The number of hydrogen-bond donors (Lipinski definition) is 3. The van der Waals surface area contributed by atoms with Gasteiger partial charge in [0.1, 0.15) is 11.4 Å². The number of anilines is 3. The first kappa shape index (κ1) is 16.0. The van der Waals surface area contributed by atoms with Crippen molar-refractivity contribution in [3.05, 3.63) is 54.4 Å². The van der Waals surface area contributed by atoms with Gasteiger partial charge in [0.15, 0.2) is 11.6 Å². The van der Waals surface area contributed by atoms with Crippen LogP contribution in [-0.2, 0) is 6.54 Å². The molecule has 26 heavy (non-hydrogen) atoms. The average molecular weight is 348 g/mol. The molecular weight excluding hydrogens is 328 g/mol. The van der Waals surface area contributed by atoms with Gasteiger partial charge in [-0.2, -0.15) is 4.98 Å². The lowest BCUT2D eigenvalue weighted by Crippen LogP contribution is -2.20. The molecule has 132 valence electrons. The fraction of sp³-hybridized carbons (Fsp3) is 0.158. The van der Waals surface area contributed by atoms with Crippen LogP contribution >= 0.6 is 0 Å². The van der Waals surface area contributed by atoms with Crippen LogP contribution in [0.15, 0.2) is 53.3 Å². The van der Waals surface area contributed by atoms with Crippen molar-refractivity contribution in [3.8, 4) is 11.5 Å². The lowest BCUT2D eigenvalue weighted by molar-refractivity contribution is 0.580. The Morgan fingerprint density at radius 3 is 2.88 bits per heavy atom. The topological polar surface area (TPSA) is 96.0 Å². The van der Waals surface area contributed by atoms with Gasteiger partial charge < -0.3 is 25.4 Å². The number of nitrogens with two attached hydrogens (primary N) is 1. The standard InChI is InChI=1S/C19H20N6O/c1-21-19-23-17(15-4-3-9-26-15)16(20)18(24-19)25(2)11-12-5-6-14-13(10-12)7-8-22-14/h3-10,22H,11,20H2,1-2H3,(H,21,23,24). The highest BCUT2D eigenvalue weighted by molar-refractivity contribution is 5.81. The third-order valence-corrected chi connectivity index (χ3v) is 4.30. The molecule has 1 aromatic carbocycles. The summed E-state index contributed by atoms with van der Waals surface area (Å²) in [6.45, 7) is 0.670. The van der Waals surface area contributed by atoms with Crippen molar-refractivity contribution in [2.75, 3.05) is 30.0 Å². The van der Waals surface area contributed by atoms with Crippen molar-refractivity contribution in [2.24, 2.45) is 0 Å². The maximum Gasteiger partial charge on any atom is 0.225 e. The van der Waals surface area contributed by atoms with E-state index in [0.29, 0.717) is 35.5 Å². The van der Waals surface area contributed by atoms with Crippen LogP contribution in [0.2, 0.25) is 0 Å². The SMILES string of the molecule is CNc1nc(-c2ccco2)c(N)c(N(C)Cc2ccc3[nH]ccc3c2)n1. The maximum atomic E-state index is 6.37. The van der Waals surface area contributed by atoms with Gasteiger partial charge in [-0.15, -0.1) is 0 Å². The van der Waals surface area contributed by atoms with Crippen molar-refractivity contribution in [3.63, 3.8) is 0 Å². The van der Waals surface area contributed by atoms with Crippen molar-refractivity contribution in [1.82, 2.24) is 15.0 Å². The van der Waals surface area contributed by atoms with Crippen molar-refractivity contribution < 1.29 is 4.42 Å². The van der Waals surface area contributed by atoms with Gasteiger partial charge in [-0.1, -0.05) is 6.07 Å². The molecule has 3 heterocycles. The number of nitrogen functional groups attached to an aromatic ring is 1. The lowest BCUT2D eigenvalue weighted by Gasteiger charge is -2.21. The minimum Gasteiger partial charge on any atom is -0.463 e. The molecular formula is C19H20N6O. The molecule has 0 aliphatic carbocycles. The zero-order chi connectivity index (χ0) is 18.1. The van der Waals surface area contributed by atoms with E-state index >= 15 is 0 Å². The molecule has 7 heteroatoms. The van der Waals surface area contributed by atoms with E-state index in [9.17, 15) is 0 Å². The summed E-state index contributed by atoms with van der Waals surface area (Å²) in [7, 11) is 3.74. The Kier molecular flexibility index (Phi) is 3.96. The minimum absolute atomic E-state index is 0.490. The van der Waals surface area contributed by atoms with Crippen molar-refractivity contribution in [1.29, 1.82) is 0 Å². The third kappa shape index (κ3) is 2.83. The highest BCUT2D eigenvalue weighted by atomic mass is 16.3. The summed E-state index contributed by atoms with van der Waals surface area (Å²) >= 11 is 0. The molecule has 0 unspecified atom stereocenters. The molecule has 3 aromatic heterocycles. The summed E-state index contributed by atoms with van der Waals surface area (Å²) in [5.74, 6) is 1.77. The zero-order valence-electron chi connectivity index (χ0n) is 14.7. The molecule has 0 radical (unpaired) electrons. The van der Waals surface area contributed by atoms with Gasteiger partial charge in [-0.25, -0.2) is 4.98 Å². The second-order valence-corrected chi connectivity index (χ2v) is 6.12. The molecule has 0 bridgehead atoms. The Bertz CT molecular complexity index is 1040. The van der Waals surface area contributed by atoms with E-state index in [4.69, 9.17) is 10.2 Å². The summed E-state index contributed by atoms with van der Waals surface area (Å²) in [6, 6.07) is 12.0. The molecule has 4 rings (SSSR count). The fourth-order valence-corrected chi connectivity index (χ4v) is 3.01. The first-order valence-electron chi connectivity index (χ1n) is 8.32. The van der Waals surface area contributed by atoms with E-state index < -0.39 is 0 Å². The maximum absolute atomic E-state index is 6.37. The number of fused-ring (bicyclic) bond motifs is 1. The minimum atomic E-state index is 0.490. The van der Waals surface area contributed by atoms with Crippen LogP contribution in [-0.4, -0.2) is 29.0 Å². The first-order chi connectivity index (χ1) is 12.7. The van der Waals surface area contributed by atoms with E-state index in [1.54, 1.807) is 13.3 Å². The van der Waals surface area contributed by atoms with Crippen molar-refractivity contribution in [2.45, 2.75) is 6.54 Å². The van der Waals surface area contributed by atoms with Gasteiger partial charge in [0.05, 0.1) is 6.26 Å². The Hall–Kier alpha value is -3.48. The Labute approximate surface area is 150 Å². The number of nitrogens with zero attached hydrogens (tertiary/aromatic N) is 3. The second-order valence-electron chi connectivity index (χ2n) is 6.12. The van der Waals surface area contributed by atoms with Crippen LogP contribution in [0.5, 0.6) is 0 Å². The number of nitrogens with one attached hydrogen (secondary N) is 2. The van der Waals surface area contributed by atoms with E-state index in [2.05, 4.69) is 44.5 Å². The van der Waals surface area contributed by atoms with Crippen LogP contribution < -0.4 is 16.0 Å². The van der Waals surface area contributed by atoms with Crippen molar-refractivity contribution >= 4 is 28.4 Å². The van der Waals surface area contributed by atoms with Gasteiger partial charge in [0.2, 0.25) is 5.95 Å². The molecule has 0 saturated carbocycles. The summed E-state index contributed by atoms with van der Waals surface area (Å²) < 4.78 is 5.47. The van der Waals surface area contributed by atoms with Gasteiger partial charge in [-0.3, -0.25) is 0 Å². The Balaban J connectivity index is 1.70. The number of furan rings is 1. The molecule has 4 aromatic rings. The average Bonchev–Trinajstić information content (AvgIpc) is 3.33. The fourth-order valence-electron chi connectivity index (χ4n) is 3.01. The van der Waals surface area contributed by atoms with Crippen LogP contribution in [0.25, 0.3) is 22.4 Å². The number of hydrogen-bond acceptors (Lipinski definition) is 6. The van der Waals surface area contributed by atoms with E-state index in [1.165, 1.54) is 10.9 Å². The van der Waals surface area contributed by atoms with Gasteiger partial charge in [-0.05, 0) is 41.3 Å². The number of benzene rings is 1. The van der Waals surface area contributed by atoms with Crippen LogP contribution in [0.1, 0.15) is 5.56 Å². The lowest BCUT2D eigenvalue weighted by atomic mass is 10.1. The van der Waals surface area contributed by atoms with E-state index in [1.807, 2.05) is 30.3 Å². The molecule has 0 aliphatic rings. The molecule has 0 saturated heterocycles. The van der Waals surface area contributed by atoms with Crippen LogP contribution in [0.3, 0.4) is 0 Å². The molecule has 0 spiro atoms. The summed E-state index contributed by atoms with van der Waals surface area (Å²) in [5, 5.41) is 4.17. The highest BCUT2D eigenvalue weighted by Crippen LogP contribution is 2.32.